The molecule has 1 heterocycles. The van der Waals surface area contributed by atoms with E-state index in [4.69, 9.17) is 11.5 Å². The lowest BCUT2D eigenvalue weighted by Crippen LogP contribution is -2.23. The molecule has 2 rings (SSSR count). The highest BCUT2D eigenvalue weighted by molar-refractivity contribution is 7.09. The first kappa shape index (κ1) is 11.7. The smallest absolute Gasteiger partial charge is 0.225 e. The van der Waals surface area contributed by atoms with Gasteiger partial charge in [0.05, 0.1) is 5.92 Å². The average Bonchev–Trinajstić information content (AvgIpc) is 2.80. The number of carbonyl (C=O) groups is 1. The van der Waals surface area contributed by atoms with Gasteiger partial charge in [-0.3, -0.25) is 4.79 Å². The van der Waals surface area contributed by atoms with Gasteiger partial charge in [0.15, 0.2) is 0 Å². The summed E-state index contributed by atoms with van der Waals surface area (Å²) in [6.07, 6.45) is 0.650. The molecule has 0 saturated heterocycles. The SMILES string of the molecule is NC(=O)C(Cc1cccs1)c1ccc(N)cc1. The van der Waals surface area contributed by atoms with Gasteiger partial charge in [-0.15, -0.1) is 11.3 Å². The fourth-order valence-electron chi connectivity index (χ4n) is 1.74. The van der Waals surface area contributed by atoms with Crippen LogP contribution in [0.1, 0.15) is 16.4 Å². The molecule has 0 fully saturated rings. The normalized spacial score (nSPS) is 12.2. The van der Waals surface area contributed by atoms with Gasteiger partial charge in [0.1, 0.15) is 0 Å². The first-order valence-electron chi connectivity index (χ1n) is 5.34. The predicted octanol–water partition coefficient (Wildman–Crippen LogP) is 2.14. The van der Waals surface area contributed by atoms with Gasteiger partial charge in [-0.1, -0.05) is 18.2 Å². The lowest BCUT2D eigenvalue weighted by atomic mass is 9.94. The maximum Gasteiger partial charge on any atom is 0.225 e. The number of hydrogen-bond donors (Lipinski definition) is 2. The second-order valence-corrected chi connectivity index (χ2v) is 4.94. The summed E-state index contributed by atoms with van der Waals surface area (Å²) in [5.41, 5.74) is 12.7. The average molecular weight is 246 g/mol. The van der Waals surface area contributed by atoms with E-state index >= 15 is 0 Å². The van der Waals surface area contributed by atoms with E-state index in [0.717, 1.165) is 10.4 Å². The number of carbonyl (C=O) groups excluding carboxylic acids is 1. The molecule has 2 aromatic rings. The van der Waals surface area contributed by atoms with E-state index in [2.05, 4.69) is 0 Å². The van der Waals surface area contributed by atoms with Crippen LogP contribution in [-0.2, 0) is 11.2 Å². The Bertz CT molecular complexity index is 491. The topological polar surface area (TPSA) is 69.1 Å². The molecule has 88 valence electrons. The molecule has 4 N–H and O–H groups in total. The molecule has 4 heteroatoms. The summed E-state index contributed by atoms with van der Waals surface area (Å²) in [6, 6.07) is 11.3. The van der Waals surface area contributed by atoms with Gasteiger partial charge < -0.3 is 11.5 Å². The molecular formula is C13H14N2OS. The Morgan fingerprint density at radius 3 is 2.47 bits per heavy atom. The van der Waals surface area contributed by atoms with Crippen LogP contribution in [0.2, 0.25) is 0 Å². The zero-order valence-corrected chi connectivity index (χ0v) is 10.1. The molecule has 3 nitrogen and oxygen atoms in total. The highest BCUT2D eigenvalue weighted by atomic mass is 32.1. The Morgan fingerprint density at radius 2 is 1.94 bits per heavy atom. The quantitative estimate of drug-likeness (QED) is 0.811. The van der Waals surface area contributed by atoms with Gasteiger partial charge in [0, 0.05) is 10.6 Å². The minimum atomic E-state index is -0.303. The Kier molecular flexibility index (Phi) is 3.44. The summed E-state index contributed by atoms with van der Waals surface area (Å²) in [7, 11) is 0. The number of hydrogen-bond acceptors (Lipinski definition) is 3. The van der Waals surface area contributed by atoms with Crippen molar-refractivity contribution in [3.05, 3.63) is 52.2 Å². The highest BCUT2D eigenvalue weighted by Gasteiger charge is 2.18. The molecular weight excluding hydrogens is 232 g/mol. The van der Waals surface area contributed by atoms with E-state index in [0.29, 0.717) is 12.1 Å². The van der Waals surface area contributed by atoms with Crippen molar-refractivity contribution in [2.45, 2.75) is 12.3 Å². The van der Waals surface area contributed by atoms with Crippen LogP contribution in [0.25, 0.3) is 0 Å². The molecule has 17 heavy (non-hydrogen) atoms. The van der Waals surface area contributed by atoms with Crippen LogP contribution in [0.15, 0.2) is 41.8 Å². The second-order valence-electron chi connectivity index (χ2n) is 3.91. The summed E-state index contributed by atoms with van der Waals surface area (Å²) in [4.78, 5) is 12.7. The summed E-state index contributed by atoms with van der Waals surface area (Å²) >= 11 is 1.63. The van der Waals surface area contributed by atoms with E-state index in [9.17, 15) is 4.79 Å². The van der Waals surface area contributed by atoms with Crippen LogP contribution in [0.3, 0.4) is 0 Å². The van der Waals surface area contributed by atoms with E-state index in [1.807, 2.05) is 29.6 Å². The van der Waals surface area contributed by atoms with E-state index in [-0.39, 0.29) is 11.8 Å². The number of benzene rings is 1. The molecule has 0 bridgehead atoms. The molecule has 1 aromatic heterocycles. The number of rotatable bonds is 4. The molecule has 0 aliphatic carbocycles. The zero-order chi connectivity index (χ0) is 12.3. The molecule has 0 saturated carbocycles. The van der Waals surface area contributed by atoms with Gasteiger partial charge in [-0.05, 0) is 35.6 Å². The predicted molar refractivity (Wildman–Crippen MR) is 70.8 cm³/mol. The molecule has 1 aromatic carbocycles. The molecule has 0 radical (unpaired) electrons. The van der Waals surface area contributed by atoms with Crippen molar-refractivity contribution in [3.8, 4) is 0 Å². The van der Waals surface area contributed by atoms with Crippen molar-refractivity contribution < 1.29 is 4.79 Å². The largest absolute Gasteiger partial charge is 0.399 e. The maximum absolute atomic E-state index is 11.5. The third kappa shape index (κ3) is 2.85. The number of amides is 1. The summed E-state index contributed by atoms with van der Waals surface area (Å²) in [5.74, 6) is -0.586. The highest BCUT2D eigenvalue weighted by Crippen LogP contribution is 2.23. The number of nitrogens with two attached hydrogens (primary N) is 2. The standard InChI is InChI=1S/C13H14N2OS/c14-10-5-3-9(4-6-10)12(13(15)16)8-11-2-1-7-17-11/h1-7,12H,8,14H2,(H2,15,16). The summed E-state index contributed by atoms with van der Waals surface area (Å²) in [6.45, 7) is 0. The third-order valence-electron chi connectivity index (χ3n) is 2.67. The Hall–Kier alpha value is -1.81. The van der Waals surface area contributed by atoms with Crippen molar-refractivity contribution >= 4 is 22.9 Å². The van der Waals surface area contributed by atoms with Crippen molar-refractivity contribution in [2.24, 2.45) is 5.73 Å². The van der Waals surface area contributed by atoms with Crippen LogP contribution in [0.4, 0.5) is 5.69 Å². The Morgan fingerprint density at radius 1 is 1.24 bits per heavy atom. The van der Waals surface area contributed by atoms with Gasteiger partial charge in [-0.25, -0.2) is 0 Å². The van der Waals surface area contributed by atoms with Crippen LogP contribution in [-0.4, -0.2) is 5.91 Å². The number of nitrogen functional groups attached to an aromatic ring is 1. The fourth-order valence-corrected chi connectivity index (χ4v) is 2.49. The molecule has 1 amide bonds. The monoisotopic (exact) mass is 246 g/mol. The zero-order valence-electron chi connectivity index (χ0n) is 9.30. The number of anilines is 1. The fraction of sp³-hybridized carbons (Fsp3) is 0.154. The van der Waals surface area contributed by atoms with E-state index in [1.165, 1.54) is 0 Å². The van der Waals surface area contributed by atoms with E-state index in [1.54, 1.807) is 23.5 Å². The third-order valence-corrected chi connectivity index (χ3v) is 3.57. The van der Waals surface area contributed by atoms with Gasteiger partial charge in [-0.2, -0.15) is 0 Å². The minimum Gasteiger partial charge on any atom is -0.399 e. The molecule has 0 aliphatic heterocycles. The van der Waals surface area contributed by atoms with Gasteiger partial charge in [0.25, 0.3) is 0 Å². The first-order valence-corrected chi connectivity index (χ1v) is 6.22. The van der Waals surface area contributed by atoms with Gasteiger partial charge in [0.2, 0.25) is 5.91 Å². The first-order chi connectivity index (χ1) is 8.16. The lowest BCUT2D eigenvalue weighted by Gasteiger charge is -2.12. The van der Waals surface area contributed by atoms with E-state index < -0.39 is 0 Å². The Balaban J connectivity index is 2.23. The number of primary amides is 1. The summed E-state index contributed by atoms with van der Waals surface area (Å²) < 4.78 is 0. The number of thiophene rings is 1. The second kappa shape index (κ2) is 5.01. The minimum absolute atomic E-state index is 0.283. The van der Waals surface area contributed by atoms with Crippen LogP contribution in [0.5, 0.6) is 0 Å². The van der Waals surface area contributed by atoms with Crippen LogP contribution >= 0.6 is 11.3 Å². The Labute approximate surface area is 104 Å². The van der Waals surface area contributed by atoms with Crippen LogP contribution < -0.4 is 11.5 Å². The van der Waals surface area contributed by atoms with Crippen molar-refractivity contribution in [1.29, 1.82) is 0 Å². The molecule has 1 atom stereocenters. The molecule has 1 unspecified atom stereocenters. The van der Waals surface area contributed by atoms with Crippen LogP contribution in [0, 0.1) is 0 Å². The van der Waals surface area contributed by atoms with Crippen molar-refractivity contribution in [3.63, 3.8) is 0 Å². The van der Waals surface area contributed by atoms with Crippen molar-refractivity contribution in [2.75, 3.05) is 5.73 Å². The molecule has 0 spiro atoms. The molecule has 0 aliphatic rings. The lowest BCUT2D eigenvalue weighted by molar-refractivity contribution is -0.119. The summed E-state index contributed by atoms with van der Waals surface area (Å²) in [5, 5.41) is 2.00. The van der Waals surface area contributed by atoms with Crippen molar-refractivity contribution in [1.82, 2.24) is 0 Å². The maximum atomic E-state index is 11.5. The van der Waals surface area contributed by atoms with Gasteiger partial charge >= 0.3 is 0 Å².